The summed E-state index contributed by atoms with van der Waals surface area (Å²) in [5, 5.41) is 8.43. The van der Waals surface area contributed by atoms with Gasteiger partial charge in [0, 0.05) is 55.5 Å². The summed E-state index contributed by atoms with van der Waals surface area (Å²) < 4.78 is 39.8. The molecule has 3 nitrogen and oxygen atoms in total. The molecule has 1 heterocycles. The molecule has 0 unspecified atom stereocenters. The zero-order chi connectivity index (χ0) is 10.8. The zero-order valence-corrected chi connectivity index (χ0v) is 9.51. The van der Waals surface area contributed by atoms with Crippen LogP contribution in [0, 0.1) is 49.4 Å². The molecule has 0 bridgehead atoms. The molecule has 0 aromatic carbocycles. The van der Waals surface area contributed by atoms with Gasteiger partial charge in [0.2, 0.25) is 11.5 Å². The topological polar surface area (TPSA) is 50.4 Å². The number of hydrogen-bond donors (Lipinski definition) is 1. The van der Waals surface area contributed by atoms with Crippen molar-refractivity contribution < 1.29 is 76.9 Å². The second-order valence-electron chi connectivity index (χ2n) is 2.37. The van der Waals surface area contributed by atoms with Crippen LogP contribution < -0.4 is 0 Å². The molecule has 7 heteroatoms. The first-order chi connectivity index (χ1) is 6.41. The largest absolute Gasteiger partial charge is 0.504 e. The number of alkyl halides is 3. The molecule has 0 aliphatic heterocycles. The number of furan rings is 1. The number of halogens is 3. The van der Waals surface area contributed by atoms with E-state index >= 15 is 0 Å². The summed E-state index contributed by atoms with van der Waals surface area (Å²) >= 11 is 0. The maximum Gasteiger partial charge on any atom is 0.448 e. The van der Waals surface area contributed by atoms with Crippen LogP contribution in [0.2, 0.25) is 0 Å². The van der Waals surface area contributed by atoms with Crippen LogP contribution in [0.4, 0.5) is 13.2 Å². The Labute approximate surface area is 123 Å². The molecular weight excluding hydrogens is 353 g/mol. The number of hydrogen-bond acceptors (Lipinski definition) is 3. The molecule has 1 aromatic rings. The van der Waals surface area contributed by atoms with Crippen molar-refractivity contribution in [1.82, 2.24) is 0 Å². The van der Waals surface area contributed by atoms with Crippen molar-refractivity contribution in [1.29, 1.82) is 0 Å². The number of rotatable bonds is 2. The first-order valence-electron chi connectivity index (χ1n) is 3.47. The Morgan fingerprint density at radius 2 is 2.07 bits per heavy atom. The van der Waals surface area contributed by atoms with Gasteiger partial charge in [0.25, 0.3) is 0 Å². The summed E-state index contributed by atoms with van der Waals surface area (Å²) in [6.07, 6.45) is -3.70. The van der Waals surface area contributed by atoms with E-state index in [0.717, 1.165) is 6.26 Å². The molecule has 1 N–H and O–H groups in total. The molecule has 0 aliphatic rings. The monoisotopic (exact) mass is 359 g/mol. The number of carbonyl (C=O) groups excluding carboxylic acids is 1. The Morgan fingerprint density at radius 1 is 1.47 bits per heavy atom. The van der Waals surface area contributed by atoms with Crippen molar-refractivity contribution in [3.05, 3.63) is 36.0 Å². The van der Waals surface area contributed by atoms with E-state index in [0.29, 0.717) is 0 Å². The standard InChI is InChI=1S/C8H5F3O3.Eu/c9-8(10,11)7(13)4-5(12)6-2-1-3-14-6;/h1-4,13H;. The Hall–Kier alpha value is -0.136. The first-order valence-corrected chi connectivity index (χ1v) is 3.47. The third kappa shape index (κ3) is 4.48. The SMILES string of the molecule is O=C(C=C(O)C(F)(F)F)c1ccco1.[Eu]. The molecule has 83 valence electrons. The minimum Gasteiger partial charge on any atom is -0.504 e. The molecule has 0 amide bonds. The fraction of sp³-hybridized carbons (Fsp3) is 0.125. The summed E-state index contributed by atoms with van der Waals surface area (Å²) in [4.78, 5) is 10.9. The first kappa shape index (κ1) is 14.9. The van der Waals surface area contributed by atoms with Gasteiger partial charge in [-0.05, 0) is 12.1 Å². The third-order valence-corrected chi connectivity index (χ3v) is 1.32. The molecular formula is C8H5EuF3O3. The van der Waals surface area contributed by atoms with Gasteiger partial charge in [-0.2, -0.15) is 13.2 Å². The van der Waals surface area contributed by atoms with Crippen LogP contribution in [0.1, 0.15) is 10.6 Å². The Balaban J connectivity index is 0.00000196. The van der Waals surface area contributed by atoms with Crippen LogP contribution in [-0.2, 0) is 0 Å². The number of aliphatic hydroxyl groups is 1. The minimum atomic E-state index is -4.91. The molecule has 0 aliphatic carbocycles. The normalized spacial score (nSPS) is 12.1. The third-order valence-electron chi connectivity index (χ3n) is 1.32. The van der Waals surface area contributed by atoms with E-state index in [4.69, 9.17) is 5.11 Å². The van der Waals surface area contributed by atoms with E-state index in [1.807, 2.05) is 0 Å². The van der Waals surface area contributed by atoms with E-state index in [1.54, 1.807) is 0 Å². The predicted octanol–water partition coefficient (Wildman–Crippen LogP) is 2.47. The van der Waals surface area contributed by atoms with Gasteiger partial charge < -0.3 is 9.52 Å². The van der Waals surface area contributed by atoms with Gasteiger partial charge in [-0.25, -0.2) is 0 Å². The van der Waals surface area contributed by atoms with Crippen LogP contribution >= 0.6 is 0 Å². The average Bonchev–Trinajstić information content (AvgIpc) is 2.53. The Bertz CT molecular complexity index is 354. The van der Waals surface area contributed by atoms with E-state index in [2.05, 4.69) is 4.42 Å². The summed E-state index contributed by atoms with van der Waals surface area (Å²) in [5.41, 5.74) is 0. The summed E-state index contributed by atoms with van der Waals surface area (Å²) in [6, 6.07) is 2.55. The van der Waals surface area contributed by atoms with Gasteiger partial charge in [-0.15, -0.1) is 0 Å². The van der Waals surface area contributed by atoms with E-state index in [-0.39, 0.29) is 61.2 Å². The smallest absolute Gasteiger partial charge is 0.448 e. The van der Waals surface area contributed by atoms with Crippen LogP contribution in [0.15, 0.2) is 34.6 Å². The van der Waals surface area contributed by atoms with Gasteiger partial charge >= 0.3 is 6.18 Å². The van der Waals surface area contributed by atoms with Crippen molar-refractivity contribution >= 4 is 5.78 Å². The van der Waals surface area contributed by atoms with Crippen LogP contribution in [0.3, 0.4) is 0 Å². The van der Waals surface area contributed by atoms with E-state index in [1.165, 1.54) is 12.1 Å². The fourth-order valence-corrected chi connectivity index (χ4v) is 0.696. The predicted molar refractivity (Wildman–Crippen MR) is 39.8 cm³/mol. The van der Waals surface area contributed by atoms with Crippen LogP contribution in [-0.4, -0.2) is 17.1 Å². The van der Waals surface area contributed by atoms with Crippen molar-refractivity contribution in [3.63, 3.8) is 0 Å². The molecule has 1 aromatic heterocycles. The molecule has 1 radical (unpaired) electrons. The Kier molecular flexibility index (Phi) is 5.76. The van der Waals surface area contributed by atoms with Crippen molar-refractivity contribution in [2.75, 3.05) is 0 Å². The number of carbonyl (C=O) groups is 1. The molecule has 0 fully saturated rings. The number of ketones is 1. The van der Waals surface area contributed by atoms with Gasteiger partial charge in [0.1, 0.15) is 0 Å². The number of allylic oxidation sites excluding steroid dienone is 2. The molecule has 0 saturated carbocycles. The molecule has 1 rings (SSSR count). The van der Waals surface area contributed by atoms with E-state index < -0.39 is 17.7 Å². The van der Waals surface area contributed by atoms with Crippen LogP contribution in [0.25, 0.3) is 0 Å². The maximum absolute atomic E-state index is 11.8. The fourth-order valence-electron chi connectivity index (χ4n) is 0.696. The van der Waals surface area contributed by atoms with Gasteiger partial charge in [-0.1, -0.05) is 0 Å². The minimum absolute atomic E-state index is 0. The second kappa shape index (κ2) is 5.81. The summed E-state index contributed by atoms with van der Waals surface area (Å²) in [7, 11) is 0. The molecule has 0 atom stereocenters. The summed E-state index contributed by atoms with van der Waals surface area (Å²) in [6.45, 7) is 0. The second-order valence-corrected chi connectivity index (χ2v) is 2.37. The van der Waals surface area contributed by atoms with Gasteiger partial charge in [0.15, 0.2) is 5.76 Å². The zero-order valence-electron chi connectivity index (χ0n) is 7.08. The molecule has 15 heavy (non-hydrogen) atoms. The van der Waals surface area contributed by atoms with Gasteiger partial charge in [-0.3, -0.25) is 4.79 Å². The average molecular weight is 358 g/mol. The quantitative estimate of drug-likeness (QED) is 0.502. The molecule has 0 saturated heterocycles. The van der Waals surface area contributed by atoms with Crippen molar-refractivity contribution in [2.45, 2.75) is 6.18 Å². The van der Waals surface area contributed by atoms with Crippen molar-refractivity contribution in [3.8, 4) is 0 Å². The van der Waals surface area contributed by atoms with Crippen LogP contribution in [0.5, 0.6) is 0 Å². The van der Waals surface area contributed by atoms with Gasteiger partial charge in [0.05, 0.1) is 6.26 Å². The molecule has 0 spiro atoms. The van der Waals surface area contributed by atoms with Crippen molar-refractivity contribution in [2.24, 2.45) is 0 Å². The number of aliphatic hydroxyl groups excluding tert-OH is 1. The van der Waals surface area contributed by atoms with E-state index in [9.17, 15) is 18.0 Å². The Morgan fingerprint density at radius 3 is 2.47 bits per heavy atom. The maximum atomic E-state index is 11.8. The summed E-state index contributed by atoms with van der Waals surface area (Å²) in [5.74, 6) is -3.25.